The molecule has 0 aromatic heterocycles. The van der Waals surface area contributed by atoms with Crippen LogP contribution in [0.3, 0.4) is 0 Å². The van der Waals surface area contributed by atoms with E-state index in [0.29, 0.717) is 17.4 Å². The van der Waals surface area contributed by atoms with Gasteiger partial charge in [-0.1, -0.05) is 369 Å². The van der Waals surface area contributed by atoms with Crippen LogP contribution in [0.1, 0.15) is 386 Å². The number of aliphatic hydroxyl groups excluding tert-OH is 1. The van der Waals surface area contributed by atoms with Gasteiger partial charge in [-0.15, -0.1) is 0 Å². The van der Waals surface area contributed by atoms with Crippen molar-refractivity contribution in [3.05, 3.63) is 72.9 Å². The molecule has 0 aromatic rings. The lowest BCUT2D eigenvalue weighted by Gasteiger charge is -2.25. The van der Waals surface area contributed by atoms with Gasteiger partial charge in [-0.05, 0) is 83.5 Å². The number of quaternary nitrogens is 1. The van der Waals surface area contributed by atoms with Gasteiger partial charge in [0.2, 0.25) is 5.91 Å². The van der Waals surface area contributed by atoms with Gasteiger partial charge in [0.25, 0.3) is 0 Å². The molecule has 9 heteroatoms. The van der Waals surface area contributed by atoms with E-state index >= 15 is 0 Å². The summed E-state index contributed by atoms with van der Waals surface area (Å²) in [5.41, 5.74) is 0. The first kappa shape index (κ1) is 87.9. The Labute approximate surface area is 561 Å². The molecule has 0 radical (unpaired) electrons. The summed E-state index contributed by atoms with van der Waals surface area (Å²) in [6.45, 7) is 4.82. The summed E-state index contributed by atoms with van der Waals surface area (Å²) >= 11 is 0. The molecule has 90 heavy (non-hydrogen) atoms. The number of carbonyl (C=O) groups excluding carboxylic acids is 1. The van der Waals surface area contributed by atoms with Crippen molar-refractivity contribution in [1.29, 1.82) is 0 Å². The minimum atomic E-state index is -4.37. The van der Waals surface area contributed by atoms with Crippen LogP contribution >= 0.6 is 7.82 Å². The summed E-state index contributed by atoms with van der Waals surface area (Å²) in [6.07, 6.45) is 101. The van der Waals surface area contributed by atoms with Crippen LogP contribution in [0.2, 0.25) is 0 Å². The molecular formula is C81H154N2O6P+. The molecule has 0 saturated carbocycles. The Morgan fingerprint density at radius 3 is 0.967 bits per heavy atom. The van der Waals surface area contributed by atoms with Crippen LogP contribution in [0.5, 0.6) is 0 Å². The molecule has 0 fully saturated rings. The highest BCUT2D eigenvalue weighted by Gasteiger charge is 2.28. The van der Waals surface area contributed by atoms with Crippen LogP contribution in [0.4, 0.5) is 0 Å². The average molecular weight is 1280 g/mol. The van der Waals surface area contributed by atoms with Crippen LogP contribution in [0, 0.1) is 0 Å². The molecule has 0 aliphatic rings. The van der Waals surface area contributed by atoms with Crippen LogP contribution < -0.4 is 5.32 Å². The number of allylic oxidation sites excluding steroid dienone is 11. The highest BCUT2D eigenvalue weighted by atomic mass is 31.2. The number of hydrogen-bond donors (Lipinski definition) is 3. The monoisotopic (exact) mass is 1280 g/mol. The SMILES string of the molecule is CCCCCCC/C=C\C/C=C\C/C=C\CCCCCCCCCCCCCCCCCCCCCCCCCCCCC(=O)NC(COP(=O)(O)OCC[N+](C)(C)C)C(O)/C=C/CC/C=C/CC/C=C/CCCCCCCCCCCCCCCCCCC. The zero-order valence-electron chi connectivity index (χ0n) is 60.6. The smallest absolute Gasteiger partial charge is 0.387 e. The molecule has 3 unspecified atom stereocenters. The van der Waals surface area contributed by atoms with Crippen molar-refractivity contribution in [1.82, 2.24) is 5.32 Å². The highest BCUT2D eigenvalue weighted by molar-refractivity contribution is 7.47. The van der Waals surface area contributed by atoms with Gasteiger partial charge in [0.1, 0.15) is 13.2 Å². The Morgan fingerprint density at radius 1 is 0.378 bits per heavy atom. The van der Waals surface area contributed by atoms with E-state index in [1.54, 1.807) is 6.08 Å². The van der Waals surface area contributed by atoms with Crippen molar-refractivity contribution in [3.63, 3.8) is 0 Å². The van der Waals surface area contributed by atoms with E-state index in [-0.39, 0.29) is 19.1 Å². The second-order valence-corrected chi connectivity index (χ2v) is 29.5. The van der Waals surface area contributed by atoms with Gasteiger partial charge in [-0.25, -0.2) is 4.57 Å². The van der Waals surface area contributed by atoms with Crippen molar-refractivity contribution in [2.45, 2.75) is 398 Å². The summed E-state index contributed by atoms with van der Waals surface area (Å²) in [6, 6.07) is -0.873. The molecule has 0 spiro atoms. The van der Waals surface area contributed by atoms with Crippen LogP contribution in [-0.2, 0) is 18.4 Å². The quantitative estimate of drug-likeness (QED) is 0.0243. The van der Waals surface area contributed by atoms with E-state index in [4.69, 9.17) is 9.05 Å². The number of phosphoric ester groups is 1. The van der Waals surface area contributed by atoms with Crippen LogP contribution in [0.15, 0.2) is 72.9 Å². The van der Waals surface area contributed by atoms with Gasteiger partial charge in [-0.2, -0.15) is 0 Å². The highest BCUT2D eigenvalue weighted by Crippen LogP contribution is 2.43. The molecule has 528 valence electrons. The molecule has 8 nitrogen and oxygen atoms in total. The molecule has 0 aliphatic heterocycles. The summed E-state index contributed by atoms with van der Waals surface area (Å²) in [5, 5.41) is 14.0. The number of nitrogens with zero attached hydrogens (tertiary/aromatic N) is 1. The summed E-state index contributed by atoms with van der Waals surface area (Å²) in [5.74, 6) is -0.184. The number of hydrogen-bond acceptors (Lipinski definition) is 5. The minimum absolute atomic E-state index is 0.0537. The lowest BCUT2D eigenvalue weighted by atomic mass is 10.0. The molecule has 0 rings (SSSR count). The van der Waals surface area contributed by atoms with E-state index in [0.717, 1.165) is 57.8 Å². The minimum Gasteiger partial charge on any atom is -0.387 e. The largest absolute Gasteiger partial charge is 0.472 e. The van der Waals surface area contributed by atoms with Gasteiger partial charge in [0, 0.05) is 6.42 Å². The third-order valence-electron chi connectivity index (χ3n) is 17.9. The number of nitrogens with one attached hydrogen (secondary N) is 1. The normalized spacial score (nSPS) is 13.9. The molecule has 3 atom stereocenters. The number of phosphoric acid groups is 1. The zero-order chi connectivity index (χ0) is 65.5. The fraction of sp³-hybridized carbons (Fsp3) is 0.840. The number of amides is 1. The lowest BCUT2D eigenvalue weighted by Crippen LogP contribution is -2.45. The van der Waals surface area contributed by atoms with Gasteiger partial charge in [0.15, 0.2) is 0 Å². The number of unbranched alkanes of at least 4 members (excludes halogenated alkanes) is 50. The van der Waals surface area contributed by atoms with Crippen molar-refractivity contribution in [3.8, 4) is 0 Å². The summed E-state index contributed by atoms with van der Waals surface area (Å²) in [4.78, 5) is 23.5. The van der Waals surface area contributed by atoms with Gasteiger partial charge >= 0.3 is 7.82 Å². The third kappa shape index (κ3) is 73.4. The van der Waals surface area contributed by atoms with E-state index in [9.17, 15) is 19.4 Å². The fourth-order valence-electron chi connectivity index (χ4n) is 11.8. The Kier molecular flexibility index (Phi) is 69.6. The first-order valence-electron chi connectivity index (χ1n) is 39.3. The molecule has 0 aliphatic carbocycles. The molecular weight excluding hydrogens is 1130 g/mol. The first-order chi connectivity index (χ1) is 44.0. The standard InChI is InChI=1S/C81H153N2O6P/c1-6-8-10-12-14-16-18-20-22-24-26-28-30-32-34-35-36-37-38-39-40-41-42-43-44-45-46-47-49-51-53-55-57-59-61-63-65-67-69-71-73-75-81(85)82-79(78-89-90(86,87)88-77-76-83(3,4)5)80(84)74-72-70-68-66-64-62-60-58-56-54-52-50-48-33-31-29-27-25-23-21-19-17-15-13-11-9-7-2/h18,20,24,26,30,32,56,58,64,66,72,74,79-80,84H,6-17,19,21-23,25,27-29,31,33-55,57,59-63,65,67-71,73,75-78H2,1-5H3,(H-,82,85,86,87)/p+1/b20-18-,26-24-,32-30-,58-56+,66-64+,74-72+. The van der Waals surface area contributed by atoms with Gasteiger partial charge in [0.05, 0.1) is 39.9 Å². The predicted molar refractivity (Wildman–Crippen MR) is 397 cm³/mol. The number of aliphatic hydroxyl groups is 1. The second kappa shape index (κ2) is 71.2. The maximum absolute atomic E-state index is 13.1. The van der Waals surface area contributed by atoms with E-state index < -0.39 is 20.0 Å². The topological polar surface area (TPSA) is 105 Å². The molecule has 1 amide bonds. The van der Waals surface area contributed by atoms with Crippen LogP contribution in [-0.4, -0.2) is 73.4 Å². The molecule has 0 bridgehead atoms. The average Bonchev–Trinajstić information content (AvgIpc) is 3.09. The van der Waals surface area contributed by atoms with Gasteiger partial charge in [-0.3, -0.25) is 13.8 Å². The van der Waals surface area contributed by atoms with Crippen molar-refractivity contribution >= 4 is 13.7 Å². The Balaban J connectivity index is 3.98. The number of rotatable bonds is 73. The number of carbonyl (C=O) groups is 1. The van der Waals surface area contributed by atoms with E-state index in [1.807, 2.05) is 27.2 Å². The summed E-state index contributed by atoms with van der Waals surface area (Å²) in [7, 11) is 1.56. The van der Waals surface area contributed by atoms with Crippen LogP contribution in [0.25, 0.3) is 0 Å². The Hall–Kier alpha value is -2.06. The Morgan fingerprint density at radius 2 is 0.644 bits per heavy atom. The lowest BCUT2D eigenvalue weighted by molar-refractivity contribution is -0.870. The van der Waals surface area contributed by atoms with E-state index in [2.05, 4.69) is 79.9 Å². The predicted octanol–water partition coefficient (Wildman–Crippen LogP) is 25.7. The summed E-state index contributed by atoms with van der Waals surface area (Å²) < 4.78 is 23.8. The Bertz CT molecular complexity index is 1700. The maximum Gasteiger partial charge on any atom is 0.472 e. The van der Waals surface area contributed by atoms with E-state index in [1.165, 1.54) is 308 Å². The zero-order valence-corrected chi connectivity index (χ0v) is 61.5. The maximum atomic E-state index is 13.1. The molecule has 0 aromatic carbocycles. The third-order valence-corrected chi connectivity index (χ3v) is 18.9. The number of likely N-dealkylation sites (N-methyl/N-ethyl adjacent to an activating group) is 1. The molecule has 0 heterocycles. The van der Waals surface area contributed by atoms with Crippen molar-refractivity contribution < 1.29 is 32.9 Å². The molecule has 0 saturated heterocycles. The second-order valence-electron chi connectivity index (χ2n) is 28.1. The fourth-order valence-corrected chi connectivity index (χ4v) is 12.5. The molecule has 3 N–H and O–H groups in total. The van der Waals surface area contributed by atoms with Gasteiger partial charge < -0.3 is 19.8 Å². The van der Waals surface area contributed by atoms with Crippen molar-refractivity contribution in [2.75, 3.05) is 40.9 Å². The van der Waals surface area contributed by atoms with Crippen molar-refractivity contribution in [2.24, 2.45) is 0 Å². The first-order valence-corrected chi connectivity index (χ1v) is 40.8.